The van der Waals surface area contributed by atoms with Crippen LogP contribution in [0.2, 0.25) is 0 Å². The molecule has 0 spiro atoms. The van der Waals surface area contributed by atoms with Crippen LogP contribution in [0.25, 0.3) is 0 Å². The maximum Gasteiger partial charge on any atom is 0.194 e. The van der Waals surface area contributed by atoms with Crippen molar-refractivity contribution in [1.29, 1.82) is 0 Å². The summed E-state index contributed by atoms with van der Waals surface area (Å²) in [6, 6.07) is 11.5. The number of guanidine groups is 1. The summed E-state index contributed by atoms with van der Waals surface area (Å²) in [6.07, 6.45) is 6.15. The molecule has 1 saturated carbocycles. The number of aromatic nitrogens is 3. The molecule has 1 aromatic heterocycles. The van der Waals surface area contributed by atoms with Crippen molar-refractivity contribution in [2.24, 2.45) is 18.0 Å². The predicted molar refractivity (Wildman–Crippen MR) is 123 cm³/mol. The van der Waals surface area contributed by atoms with Crippen LogP contribution in [0, 0.1) is 12.8 Å². The van der Waals surface area contributed by atoms with Crippen LogP contribution in [0.4, 0.5) is 0 Å². The number of piperidine rings is 1. The van der Waals surface area contributed by atoms with E-state index in [0.29, 0.717) is 12.6 Å². The van der Waals surface area contributed by atoms with Gasteiger partial charge in [0.15, 0.2) is 11.8 Å². The molecule has 1 aliphatic carbocycles. The average molecular weight is 494 g/mol. The zero-order valence-electron chi connectivity index (χ0n) is 16.8. The van der Waals surface area contributed by atoms with Gasteiger partial charge in [0, 0.05) is 26.2 Å². The Morgan fingerprint density at radius 3 is 2.43 bits per heavy atom. The third kappa shape index (κ3) is 5.46. The molecule has 0 unspecified atom stereocenters. The minimum atomic E-state index is 0. The monoisotopic (exact) mass is 494 g/mol. The van der Waals surface area contributed by atoms with E-state index in [0.717, 1.165) is 36.6 Å². The Bertz CT molecular complexity index is 775. The molecule has 2 heterocycles. The lowest BCUT2D eigenvalue weighted by molar-refractivity contribution is 0.258. The van der Waals surface area contributed by atoms with E-state index >= 15 is 0 Å². The van der Waals surface area contributed by atoms with Gasteiger partial charge in [-0.2, -0.15) is 0 Å². The van der Waals surface area contributed by atoms with Gasteiger partial charge in [-0.3, -0.25) is 0 Å². The molecule has 0 radical (unpaired) electrons. The van der Waals surface area contributed by atoms with Gasteiger partial charge in [0.1, 0.15) is 12.4 Å². The van der Waals surface area contributed by atoms with Crippen LogP contribution in [-0.4, -0.2) is 44.8 Å². The lowest BCUT2D eigenvalue weighted by Gasteiger charge is -2.34. The molecule has 6 nitrogen and oxygen atoms in total. The third-order valence-electron chi connectivity index (χ3n) is 5.74. The van der Waals surface area contributed by atoms with E-state index in [1.165, 1.54) is 37.7 Å². The Hall–Kier alpha value is -1.64. The van der Waals surface area contributed by atoms with Gasteiger partial charge in [0.2, 0.25) is 0 Å². The first-order valence-corrected chi connectivity index (χ1v) is 10.1. The molecular weight excluding hydrogens is 463 g/mol. The largest absolute Gasteiger partial charge is 0.353 e. The number of hydrogen-bond acceptors (Lipinski definition) is 3. The van der Waals surface area contributed by atoms with Crippen molar-refractivity contribution in [3.63, 3.8) is 0 Å². The van der Waals surface area contributed by atoms with E-state index in [1.54, 1.807) is 0 Å². The van der Waals surface area contributed by atoms with Crippen molar-refractivity contribution < 1.29 is 0 Å². The SMILES string of the molecule is Cc1nnc(CN=C(NC2CC2)N2CCC(Cc3ccccc3)CC2)n1C.I. The van der Waals surface area contributed by atoms with Gasteiger partial charge in [-0.15, -0.1) is 34.2 Å². The molecule has 1 aromatic carbocycles. The Balaban J connectivity index is 0.00000225. The first-order valence-electron chi connectivity index (χ1n) is 10.1. The van der Waals surface area contributed by atoms with E-state index in [2.05, 4.69) is 50.7 Å². The highest BCUT2D eigenvalue weighted by molar-refractivity contribution is 14.0. The zero-order valence-corrected chi connectivity index (χ0v) is 19.2. The Morgan fingerprint density at radius 1 is 1.11 bits per heavy atom. The summed E-state index contributed by atoms with van der Waals surface area (Å²) in [5, 5.41) is 12.0. The van der Waals surface area contributed by atoms with Gasteiger partial charge in [-0.1, -0.05) is 30.3 Å². The van der Waals surface area contributed by atoms with Crippen molar-refractivity contribution in [2.45, 2.75) is 51.6 Å². The minimum absolute atomic E-state index is 0. The quantitative estimate of drug-likeness (QED) is 0.394. The number of nitrogens with zero attached hydrogens (tertiary/aromatic N) is 5. The fourth-order valence-corrected chi connectivity index (χ4v) is 3.68. The Labute approximate surface area is 184 Å². The molecule has 2 aromatic rings. The van der Waals surface area contributed by atoms with E-state index in [4.69, 9.17) is 4.99 Å². The number of aliphatic imine (C=N–C) groups is 1. The summed E-state index contributed by atoms with van der Waals surface area (Å²) < 4.78 is 2.02. The number of hydrogen-bond donors (Lipinski definition) is 1. The second-order valence-electron chi connectivity index (χ2n) is 7.90. The molecule has 1 saturated heterocycles. The summed E-state index contributed by atoms with van der Waals surface area (Å²) >= 11 is 0. The molecular formula is C21H31IN6. The number of rotatable bonds is 5. The summed E-state index contributed by atoms with van der Waals surface area (Å²) in [7, 11) is 2.00. The van der Waals surface area contributed by atoms with Crippen LogP contribution in [0.5, 0.6) is 0 Å². The molecule has 0 bridgehead atoms. The molecule has 1 N–H and O–H groups in total. The van der Waals surface area contributed by atoms with Crippen LogP contribution in [-0.2, 0) is 20.0 Å². The Morgan fingerprint density at radius 2 is 1.82 bits per heavy atom. The Kier molecular flexibility index (Phi) is 7.31. The van der Waals surface area contributed by atoms with Crippen LogP contribution in [0.1, 0.15) is 42.9 Å². The van der Waals surface area contributed by atoms with Crippen molar-refractivity contribution >= 4 is 29.9 Å². The molecule has 0 amide bonds. The van der Waals surface area contributed by atoms with Crippen molar-refractivity contribution in [1.82, 2.24) is 25.0 Å². The highest BCUT2D eigenvalue weighted by Gasteiger charge is 2.27. The predicted octanol–water partition coefficient (Wildman–Crippen LogP) is 3.30. The lowest BCUT2D eigenvalue weighted by atomic mass is 9.90. The highest BCUT2D eigenvalue weighted by atomic mass is 127. The van der Waals surface area contributed by atoms with E-state index in [-0.39, 0.29) is 24.0 Å². The van der Waals surface area contributed by atoms with Gasteiger partial charge >= 0.3 is 0 Å². The first-order chi connectivity index (χ1) is 13.2. The number of likely N-dealkylation sites (tertiary alicyclic amines) is 1. The smallest absolute Gasteiger partial charge is 0.194 e. The average Bonchev–Trinajstić information content (AvgIpc) is 3.46. The van der Waals surface area contributed by atoms with Crippen LogP contribution < -0.4 is 5.32 Å². The first kappa shape index (κ1) is 21.1. The third-order valence-corrected chi connectivity index (χ3v) is 5.74. The maximum atomic E-state index is 4.89. The van der Waals surface area contributed by atoms with Crippen LogP contribution in [0.3, 0.4) is 0 Å². The topological polar surface area (TPSA) is 58.3 Å². The van der Waals surface area contributed by atoms with Gasteiger partial charge in [-0.25, -0.2) is 4.99 Å². The second kappa shape index (κ2) is 9.71. The maximum absolute atomic E-state index is 4.89. The molecule has 7 heteroatoms. The zero-order chi connectivity index (χ0) is 18.6. The fourth-order valence-electron chi connectivity index (χ4n) is 3.68. The van der Waals surface area contributed by atoms with Gasteiger partial charge in [-0.05, 0) is 50.5 Å². The van der Waals surface area contributed by atoms with Crippen molar-refractivity contribution in [2.75, 3.05) is 13.1 Å². The normalized spacial score (nSPS) is 18.1. The molecule has 2 fully saturated rings. The van der Waals surface area contributed by atoms with E-state index in [9.17, 15) is 0 Å². The van der Waals surface area contributed by atoms with E-state index < -0.39 is 0 Å². The molecule has 152 valence electrons. The van der Waals surface area contributed by atoms with Crippen LogP contribution in [0.15, 0.2) is 35.3 Å². The summed E-state index contributed by atoms with van der Waals surface area (Å²) in [5.74, 6) is 3.67. The number of nitrogens with one attached hydrogen (secondary N) is 1. The molecule has 2 aliphatic rings. The molecule has 1 aliphatic heterocycles. The summed E-state index contributed by atoms with van der Waals surface area (Å²) in [6.45, 7) is 4.71. The second-order valence-corrected chi connectivity index (χ2v) is 7.90. The standard InChI is InChI=1S/C21H30N6.HI/c1-16-24-25-20(26(16)2)15-22-21(23-19-8-9-19)27-12-10-18(11-13-27)14-17-6-4-3-5-7-17;/h3-7,18-19H,8-15H2,1-2H3,(H,22,23);1H. The van der Waals surface area contributed by atoms with Crippen LogP contribution >= 0.6 is 24.0 Å². The number of halogens is 1. The molecule has 28 heavy (non-hydrogen) atoms. The minimum Gasteiger partial charge on any atom is -0.353 e. The fraction of sp³-hybridized carbons (Fsp3) is 0.571. The number of aryl methyl sites for hydroxylation is 1. The van der Waals surface area contributed by atoms with Gasteiger partial charge in [0.05, 0.1) is 0 Å². The van der Waals surface area contributed by atoms with Crippen molar-refractivity contribution in [3.8, 4) is 0 Å². The molecule has 4 rings (SSSR count). The molecule has 0 atom stereocenters. The van der Waals surface area contributed by atoms with Gasteiger partial charge in [0.25, 0.3) is 0 Å². The lowest BCUT2D eigenvalue weighted by Crippen LogP contribution is -2.46. The highest BCUT2D eigenvalue weighted by Crippen LogP contribution is 2.23. The summed E-state index contributed by atoms with van der Waals surface area (Å²) in [5.41, 5.74) is 1.46. The number of benzene rings is 1. The van der Waals surface area contributed by atoms with Crippen molar-refractivity contribution in [3.05, 3.63) is 47.5 Å². The van der Waals surface area contributed by atoms with Gasteiger partial charge < -0.3 is 14.8 Å². The van der Waals surface area contributed by atoms with E-state index in [1.807, 2.05) is 18.5 Å². The summed E-state index contributed by atoms with van der Waals surface area (Å²) in [4.78, 5) is 7.32.